The van der Waals surface area contributed by atoms with E-state index in [4.69, 9.17) is 28.3 Å². The molecule has 7 nitrogen and oxygen atoms in total. The van der Waals surface area contributed by atoms with E-state index in [1.54, 1.807) is 24.4 Å². The molecule has 0 atom stereocenters. The van der Waals surface area contributed by atoms with Crippen LogP contribution in [0.15, 0.2) is 24.4 Å². The summed E-state index contributed by atoms with van der Waals surface area (Å²) in [6.45, 7) is 3.09. The van der Waals surface area contributed by atoms with Crippen LogP contribution in [0, 0.1) is 11.3 Å². The molecule has 140 valence electrons. The number of carbonyl (C=O) groups is 1. The molecule has 0 radical (unpaired) electrons. The maximum atomic E-state index is 10.9. The Hall–Kier alpha value is -2.56. The van der Waals surface area contributed by atoms with Gasteiger partial charge in [-0.3, -0.25) is 0 Å². The molecule has 0 saturated carbocycles. The minimum Gasteiger partial charge on any atom is -0.465 e. The summed E-state index contributed by atoms with van der Waals surface area (Å²) in [4.78, 5) is 21.8. The van der Waals surface area contributed by atoms with Gasteiger partial charge in [0.25, 0.3) is 0 Å². The van der Waals surface area contributed by atoms with Crippen molar-refractivity contribution in [3.63, 3.8) is 0 Å². The monoisotopic (exact) mass is 405 g/mol. The SMILES string of the molecule is CC1(NC(=O)O)CCN(c2cnc(-c3cccc(Cl)c3Cl)c(C#N)n2)CC1. The number of amides is 1. The van der Waals surface area contributed by atoms with Crippen molar-refractivity contribution >= 4 is 35.1 Å². The highest BCUT2D eigenvalue weighted by molar-refractivity contribution is 6.43. The molecular weight excluding hydrogens is 389 g/mol. The predicted octanol–water partition coefficient (Wildman–Crippen LogP) is 3.95. The van der Waals surface area contributed by atoms with E-state index in [1.807, 2.05) is 11.8 Å². The molecule has 0 unspecified atom stereocenters. The third-order valence-corrected chi connectivity index (χ3v) is 5.49. The molecule has 1 aliphatic rings. The lowest BCUT2D eigenvalue weighted by atomic mass is 9.90. The molecule has 1 saturated heterocycles. The quantitative estimate of drug-likeness (QED) is 0.800. The smallest absolute Gasteiger partial charge is 0.405 e. The standard InChI is InChI=1S/C18H17Cl2N5O2/c1-18(24-17(26)27)5-7-25(8-6-18)14-10-22-16(13(9-21)23-14)11-3-2-4-12(19)15(11)20/h2-4,10,24H,5-8H2,1H3,(H,26,27). The number of rotatable bonds is 3. The summed E-state index contributed by atoms with van der Waals surface area (Å²) in [5, 5.41) is 21.8. The number of nitrogens with one attached hydrogen (secondary N) is 1. The summed E-state index contributed by atoms with van der Waals surface area (Å²) in [6.07, 6.45) is 1.83. The Kier molecular flexibility index (Phi) is 5.40. The van der Waals surface area contributed by atoms with Gasteiger partial charge in [0.15, 0.2) is 5.69 Å². The first kappa shape index (κ1) is 19.2. The van der Waals surface area contributed by atoms with Crippen LogP contribution in [0.3, 0.4) is 0 Å². The molecule has 1 aromatic heterocycles. The van der Waals surface area contributed by atoms with Crippen LogP contribution in [0.1, 0.15) is 25.5 Å². The molecule has 2 heterocycles. The van der Waals surface area contributed by atoms with Gasteiger partial charge in [0.1, 0.15) is 17.6 Å². The van der Waals surface area contributed by atoms with Gasteiger partial charge in [-0.1, -0.05) is 35.3 Å². The maximum absolute atomic E-state index is 10.9. The normalized spacial score (nSPS) is 15.9. The van der Waals surface area contributed by atoms with Crippen LogP contribution in [0.4, 0.5) is 10.6 Å². The van der Waals surface area contributed by atoms with Crippen molar-refractivity contribution in [3.05, 3.63) is 40.1 Å². The Labute approximate surface area is 166 Å². The Morgan fingerprint density at radius 1 is 1.37 bits per heavy atom. The van der Waals surface area contributed by atoms with E-state index in [-0.39, 0.29) is 5.69 Å². The Balaban J connectivity index is 1.85. The number of halogens is 2. The van der Waals surface area contributed by atoms with E-state index in [9.17, 15) is 10.1 Å². The average Bonchev–Trinajstić information content (AvgIpc) is 2.63. The largest absolute Gasteiger partial charge is 0.465 e. The van der Waals surface area contributed by atoms with Crippen LogP contribution in [0.25, 0.3) is 11.3 Å². The van der Waals surface area contributed by atoms with E-state index in [0.717, 1.165) is 0 Å². The Morgan fingerprint density at radius 2 is 2.07 bits per heavy atom. The molecule has 1 aliphatic heterocycles. The number of aromatic nitrogens is 2. The highest BCUT2D eigenvalue weighted by atomic mass is 35.5. The van der Waals surface area contributed by atoms with Crippen molar-refractivity contribution in [2.45, 2.75) is 25.3 Å². The molecular formula is C18H17Cl2N5O2. The van der Waals surface area contributed by atoms with Crippen LogP contribution >= 0.6 is 23.2 Å². The Morgan fingerprint density at radius 3 is 2.70 bits per heavy atom. The molecule has 2 N–H and O–H groups in total. The van der Waals surface area contributed by atoms with E-state index in [0.29, 0.717) is 53.1 Å². The Bertz CT molecular complexity index is 920. The van der Waals surface area contributed by atoms with Crippen molar-refractivity contribution in [1.29, 1.82) is 5.26 Å². The molecule has 1 aromatic carbocycles. The fourth-order valence-electron chi connectivity index (χ4n) is 3.11. The van der Waals surface area contributed by atoms with Crippen molar-refractivity contribution < 1.29 is 9.90 Å². The second-order valence-corrected chi connectivity index (χ2v) is 7.40. The summed E-state index contributed by atoms with van der Waals surface area (Å²) in [5.41, 5.74) is 0.621. The topological polar surface area (TPSA) is 102 Å². The maximum Gasteiger partial charge on any atom is 0.405 e. The van der Waals surface area contributed by atoms with Crippen molar-refractivity contribution in [1.82, 2.24) is 15.3 Å². The first-order chi connectivity index (χ1) is 12.8. The van der Waals surface area contributed by atoms with Gasteiger partial charge in [-0.15, -0.1) is 0 Å². The summed E-state index contributed by atoms with van der Waals surface area (Å²) in [7, 11) is 0. The van der Waals surface area contributed by atoms with Crippen molar-refractivity contribution in [2.24, 2.45) is 0 Å². The lowest BCUT2D eigenvalue weighted by molar-refractivity contribution is 0.173. The third-order valence-electron chi connectivity index (χ3n) is 4.67. The number of piperidine rings is 1. The van der Waals surface area contributed by atoms with Crippen LogP contribution < -0.4 is 10.2 Å². The van der Waals surface area contributed by atoms with Crippen molar-refractivity contribution in [3.8, 4) is 17.3 Å². The zero-order chi connectivity index (χ0) is 19.6. The number of carboxylic acid groups (broad SMARTS) is 1. The van der Waals surface area contributed by atoms with Crippen molar-refractivity contribution in [2.75, 3.05) is 18.0 Å². The van der Waals surface area contributed by atoms with Gasteiger partial charge in [-0.25, -0.2) is 14.8 Å². The molecule has 0 spiro atoms. The number of benzene rings is 1. The van der Waals surface area contributed by atoms with E-state index < -0.39 is 11.6 Å². The zero-order valence-corrected chi connectivity index (χ0v) is 16.0. The lowest BCUT2D eigenvalue weighted by Gasteiger charge is -2.39. The molecule has 0 aliphatic carbocycles. The van der Waals surface area contributed by atoms with Crippen LogP contribution in [0.5, 0.6) is 0 Å². The summed E-state index contributed by atoms with van der Waals surface area (Å²) in [6, 6.07) is 7.21. The van der Waals surface area contributed by atoms with Gasteiger partial charge in [0.05, 0.1) is 16.2 Å². The number of nitriles is 1. The molecule has 1 amide bonds. The molecule has 1 fully saturated rings. The third kappa shape index (κ3) is 4.07. The first-order valence-electron chi connectivity index (χ1n) is 8.30. The molecule has 3 rings (SSSR count). The van der Waals surface area contributed by atoms with E-state index in [2.05, 4.69) is 21.4 Å². The number of nitrogens with zero attached hydrogens (tertiary/aromatic N) is 4. The highest BCUT2D eigenvalue weighted by Gasteiger charge is 2.32. The van der Waals surface area contributed by atoms with Crippen LogP contribution in [-0.2, 0) is 0 Å². The average molecular weight is 406 g/mol. The number of anilines is 1. The summed E-state index contributed by atoms with van der Waals surface area (Å²) >= 11 is 12.3. The number of hydrogen-bond acceptors (Lipinski definition) is 5. The number of hydrogen-bond donors (Lipinski definition) is 2. The highest BCUT2D eigenvalue weighted by Crippen LogP contribution is 2.34. The van der Waals surface area contributed by atoms with Gasteiger partial charge in [-0.2, -0.15) is 5.26 Å². The van der Waals surface area contributed by atoms with E-state index in [1.165, 1.54) is 0 Å². The zero-order valence-electron chi connectivity index (χ0n) is 14.5. The molecule has 0 bridgehead atoms. The van der Waals surface area contributed by atoms with Gasteiger partial charge in [0, 0.05) is 24.2 Å². The first-order valence-corrected chi connectivity index (χ1v) is 9.06. The van der Waals surface area contributed by atoms with Crippen LogP contribution in [0.2, 0.25) is 10.0 Å². The van der Waals surface area contributed by atoms with E-state index >= 15 is 0 Å². The molecule has 27 heavy (non-hydrogen) atoms. The van der Waals surface area contributed by atoms with Crippen LogP contribution in [-0.4, -0.2) is 39.8 Å². The second kappa shape index (κ2) is 7.59. The summed E-state index contributed by atoms with van der Waals surface area (Å²) < 4.78 is 0. The fraction of sp³-hybridized carbons (Fsp3) is 0.333. The minimum absolute atomic E-state index is 0.161. The van der Waals surface area contributed by atoms with Gasteiger partial charge in [-0.05, 0) is 25.8 Å². The lowest BCUT2D eigenvalue weighted by Crippen LogP contribution is -2.53. The fourth-order valence-corrected chi connectivity index (χ4v) is 3.50. The predicted molar refractivity (Wildman–Crippen MR) is 103 cm³/mol. The van der Waals surface area contributed by atoms with Gasteiger partial charge in [0.2, 0.25) is 0 Å². The van der Waals surface area contributed by atoms with Gasteiger partial charge < -0.3 is 15.3 Å². The molecule has 9 heteroatoms. The minimum atomic E-state index is -1.03. The summed E-state index contributed by atoms with van der Waals surface area (Å²) in [5.74, 6) is 0.575. The van der Waals surface area contributed by atoms with Gasteiger partial charge >= 0.3 is 6.09 Å². The molecule has 2 aromatic rings. The second-order valence-electron chi connectivity index (χ2n) is 6.62.